The van der Waals surface area contributed by atoms with Crippen molar-refractivity contribution in [3.05, 3.63) is 16.8 Å². The highest BCUT2D eigenvalue weighted by Crippen LogP contribution is 2.38. The Morgan fingerprint density at radius 2 is 2.04 bits per heavy atom. The molecule has 1 fully saturated rings. The van der Waals surface area contributed by atoms with E-state index in [0.29, 0.717) is 31.1 Å². The molecule has 2 aromatic rings. The number of hydrogen-bond donors (Lipinski definition) is 1. The smallest absolute Gasteiger partial charge is 0.229 e. The third-order valence-electron chi connectivity index (χ3n) is 5.13. The number of anilines is 1. The number of fused-ring (bicyclic) bond motifs is 3. The molecule has 2 aromatic heterocycles. The Bertz CT molecular complexity index is 955. The summed E-state index contributed by atoms with van der Waals surface area (Å²) in [6, 6.07) is 0. The average molecular weight is 396 g/mol. The van der Waals surface area contributed by atoms with Crippen molar-refractivity contribution in [2.45, 2.75) is 25.7 Å². The molecular weight excluding hydrogens is 374 g/mol. The van der Waals surface area contributed by atoms with Crippen LogP contribution in [0.5, 0.6) is 0 Å². The first-order valence-electron chi connectivity index (χ1n) is 8.60. The van der Waals surface area contributed by atoms with Crippen LogP contribution in [0.15, 0.2) is 6.20 Å². The number of aryl methyl sites for hydroxylation is 2. The topological polar surface area (TPSA) is 97.2 Å². The van der Waals surface area contributed by atoms with Crippen LogP contribution < -0.4 is 5.32 Å². The van der Waals surface area contributed by atoms with Gasteiger partial charge in [-0.05, 0) is 25.7 Å². The summed E-state index contributed by atoms with van der Waals surface area (Å²) in [7, 11) is -1.25. The maximum Gasteiger partial charge on any atom is 0.229 e. The van der Waals surface area contributed by atoms with Gasteiger partial charge in [-0.1, -0.05) is 0 Å². The Kier molecular flexibility index (Phi) is 4.36. The van der Waals surface area contributed by atoms with Gasteiger partial charge >= 0.3 is 0 Å². The highest BCUT2D eigenvalue weighted by molar-refractivity contribution is 7.88. The monoisotopic (exact) mass is 395 g/mol. The third-order valence-corrected chi connectivity index (χ3v) is 7.46. The first-order valence-corrected chi connectivity index (χ1v) is 11.3. The number of nitrogens with one attached hydrogen (secondary N) is 1. The normalized spacial score (nSPS) is 18.4. The van der Waals surface area contributed by atoms with Crippen molar-refractivity contribution in [3.63, 3.8) is 0 Å². The minimum Gasteiger partial charge on any atom is -0.302 e. The second-order valence-electron chi connectivity index (χ2n) is 6.84. The fourth-order valence-electron chi connectivity index (χ4n) is 3.63. The molecule has 140 valence electrons. The standard InChI is InChI=1S/C16H21N5O3S2/c1-20-12-3-4-13-14(11(12)9-17-20)18-16(25-13)19-15(22)10-5-7-21(8-6-10)26(2,23)24/h9-10H,3-8H2,1-2H3,(H,18,19,22). The quantitative estimate of drug-likeness (QED) is 0.844. The van der Waals surface area contributed by atoms with Gasteiger partial charge in [0, 0.05) is 42.2 Å². The highest BCUT2D eigenvalue weighted by Gasteiger charge is 2.30. The van der Waals surface area contributed by atoms with Crippen molar-refractivity contribution >= 4 is 32.4 Å². The molecule has 0 saturated carbocycles. The molecule has 3 heterocycles. The van der Waals surface area contributed by atoms with E-state index < -0.39 is 10.0 Å². The fourth-order valence-corrected chi connectivity index (χ4v) is 5.48. The number of carbonyl (C=O) groups excluding carboxylic acids is 1. The second kappa shape index (κ2) is 6.43. The molecule has 0 bridgehead atoms. The van der Waals surface area contributed by atoms with Crippen LogP contribution in [0.3, 0.4) is 0 Å². The third kappa shape index (κ3) is 3.17. The summed E-state index contributed by atoms with van der Waals surface area (Å²) < 4.78 is 26.5. The van der Waals surface area contributed by atoms with Gasteiger partial charge in [-0.3, -0.25) is 9.48 Å². The Labute approximate surface area is 156 Å². The largest absolute Gasteiger partial charge is 0.302 e. The molecule has 0 unspecified atom stereocenters. The molecule has 1 amide bonds. The molecule has 1 saturated heterocycles. The van der Waals surface area contributed by atoms with Crippen LogP contribution in [0.2, 0.25) is 0 Å². The van der Waals surface area contributed by atoms with Crippen LogP contribution in [-0.4, -0.2) is 52.7 Å². The SMILES string of the molecule is Cn1ncc2c1CCc1sc(NC(=O)C3CCN(S(C)(=O)=O)CC3)nc1-2. The molecule has 26 heavy (non-hydrogen) atoms. The zero-order valence-corrected chi connectivity index (χ0v) is 16.4. The van der Waals surface area contributed by atoms with E-state index >= 15 is 0 Å². The first-order chi connectivity index (χ1) is 12.3. The van der Waals surface area contributed by atoms with Crippen molar-refractivity contribution in [3.8, 4) is 11.3 Å². The summed E-state index contributed by atoms with van der Waals surface area (Å²) in [5.41, 5.74) is 3.15. The molecule has 1 aliphatic carbocycles. The summed E-state index contributed by atoms with van der Waals surface area (Å²) in [4.78, 5) is 18.4. The molecule has 0 spiro atoms. The number of amides is 1. The minimum atomic E-state index is -3.18. The lowest BCUT2D eigenvalue weighted by molar-refractivity contribution is -0.120. The predicted molar refractivity (Wildman–Crippen MR) is 99.5 cm³/mol. The number of piperidine rings is 1. The molecule has 10 heteroatoms. The molecule has 0 aromatic carbocycles. The summed E-state index contributed by atoms with van der Waals surface area (Å²) in [5, 5.41) is 7.85. The second-order valence-corrected chi connectivity index (χ2v) is 9.91. The van der Waals surface area contributed by atoms with Gasteiger partial charge in [-0.15, -0.1) is 11.3 Å². The lowest BCUT2D eigenvalue weighted by Crippen LogP contribution is -2.40. The number of hydrogen-bond acceptors (Lipinski definition) is 6. The molecule has 0 atom stereocenters. The van der Waals surface area contributed by atoms with Gasteiger partial charge in [0.2, 0.25) is 15.9 Å². The lowest BCUT2D eigenvalue weighted by Gasteiger charge is -2.29. The van der Waals surface area contributed by atoms with Crippen molar-refractivity contribution in [2.24, 2.45) is 13.0 Å². The predicted octanol–water partition coefficient (Wildman–Crippen LogP) is 1.25. The van der Waals surface area contributed by atoms with Gasteiger partial charge in [-0.25, -0.2) is 17.7 Å². The zero-order valence-electron chi connectivity index (χ0n) is 14.7. The van der Waals surface area contributed by atoms with Gasteiger partial charge in [0.05, 0.1) is 18.1 Å². The van der Waals surface area contributed by atoms with Gasteiger partial charge < -0.3 is 5.32 Å². The Morgan fingerprint density at radius 1 is 1.31 bits per heavy atom. The molecule has 4 rings (SSSR count). The Morgan fingerprint density at radius 3 is 2.73 bits per heavy atom. The molecule has 0 radical (unpaired) electrons. The first kappa shape index (κ1) is 17.6. The number of sulfonamides is 1. The number of aromatic nitrogens is 3. The maximum absolute atomic E-state index is 12.6. The molecule has 8 nitrogen and oxygen atoms in total. The van der Waals surface area contributed by atoms with Gasteiger partial charge in [-0.2, -0.15) is 5.10 Å². The van der Waals surface area contributed by atoms with E-state index in [1.165, 1.54) is 32.5 Å². The van der Waals surface area contributed by atoms with Crippen molar-refractivity contribution in [1.29, 1.82) is 0 Å². The van der Waals surface area contributed by atoms with E-state index in [-0.39, 0.29) is 11.8 Å². The van der Waals surface area contributed by atoms with Gasteiger partial charge in [0.25, 0.3) is 0 Å². The van der Waals surface area contributed by atoms with Gasteiger partial charge in [0.15, 0.2) is 5.13 Å². The number of carbonyl (C=O) groups is 1. The Balaban J connectivity index is 1.45. The van der Waals surface area contributed by atoms with Crippen LogP contribution in [0.4, 0.5) is 5.13 Å². The van der Waals surface area contributed by atoms with E-state index in [1.54, 1.807) is 0 Å². The van der Waals surface area contributed by atoms with E-state index in [9.17, 15) is 13.2 Å². The van der Waals surface area contributed by atoms with Crippen molar-refractivity contribution < 1.29 is 13.2 Å². The van der Waals surface area contributed by atoms with E-state index in [1.807, 2.05) is 17.9 Å². The average Bonchev–Trinajstić information content (AvgIpc) is 3.17. The summed E-state index contributed by atoms with van der Waals surface area (Å²) in [6.45, 7) is 0.786. The number of thiazole rings is 1. The Hall–Kier alpha value is -1.78. The molecule has 2 aliphatic rings. The molecule has 1 N–H and O–H groups in total. The van der Waals surface area contributed by atoms with Crippen LogP contribution in [0.1, 0.15) is 23.4 Å². The van der Waals surface area contributed by atoms with E-state index in [4.69, 9.17) is 0 Å². The summed E-state index contributed by atoms with van der Waals surface area (Å²) >= 11 is 1.52. The van der Waals surface area contributed by atoms with Crippen LogP contribution in [0.25, 0.3) is 11.3 Å². The van der Waals surface area contributed by atoms with Crippen molar-refractivity contribution in [1.82, 2.24) is 19.1 Å². The zero-order chi connectivity index (χ0) is 18.5. The maximum atomic E-state index is 12.6. The van der Waals surface area contributed by atoms with Crippen LogP contribution >= 0.6 is 11.3 Å². The highest BCUT2D eigenvalue weighted by atomic mass is 32.2. The van der Waals surface area contributed by atoms with Gasteiger partial charge in [0.1, 0.15) is 0 Å². The molecule has 1 aliphatic heterocycles. The lowest BCUT2D eigenvalue weighted by atomic mass is 9.97. The summed E-state index contributed by atoms with van der Waals surface area (Å²) in [5.74, 6) is -0.251. The minimum absolute atomic E-state index is 0.0735. The van der Waals surface area contributed by atoms with Crippen LogP contribution in [-0.2, 0) is 34.7 Å². The number of nitrogens with zero attached hydrogens (tertiary/aromatic N) is 4. The van der Waals surface area contributed by atoms with Crippen LogP contribution in [0, 0.1) is 5.92 Å². The molecular formula is C16H21N5O3S2. The fraction of sp³-hybridized carbons (Fsp3) is 0.562. The van der Waals surface area contributed by atoms with Crippen molar-refractivity contribution in [2.75, 3.05) is 24.7 Å². The van der Waals surface area contributed by atoms with E-state index in [0.717, 1.165) is 24.1 Å². The summed E-state index contributed by atoms with van der Waals surface area (Å²) in [6.07, 6.45) is 5.95. The number of rotatable bonds is 3. The van der Waals surface area contributed by atoms with E-state index in [2.05, 4.69) is 15.4 Å².